The van der Waals surface area contributed by atoms with Crippen molar-refractivity contribution >= 4 is 0 Å². The van der Waals surface area contributed by atoms with E-state index in [-0.39, 0.29) is 18.0 Å². The highest BCUT2D eigenvalue weighted by molar-refractivity contribution is 5.19. The van der Waals surface area contributed by atoms with Crippen LogP contribution in [0.1, 0.15) is 25.5 Å². The second-order valence-electron chi connectivity index (χ2n) is 3.90. The minimum atomic E-state index is -0.258. The molecule has 0 radical (unpaired) electrons. The molecule has 0 bridgehead atoms. The summed E-state index contributed by atoms with van der Waals surface area (Å²) in [4.78, 5) is 0. The molecule has 0 aromatic heterocycles. The second-order valence-corrected chi connectivity index (χ2v) is 3.90. The third kappa shape index (κ3) is 4.81. The van der Waals surface area contributed by atoms with Crippen molar-refractivity contribution in [3.05, 3.63) is 35.6 Å². The van der Waals surface area contributed by atoms with Crippen LogP contribution in [0.2, 0.25) is 0 Å². The molecule has 0 saturated heterocycles. The second kappa shape index (κ2) is 7.37. The molecule has 0 aliphatic carbocycles. The van der Waals surface area contributed by atoms with Gasteiger partial charge in [-0.3, -0.25) is 0 Å². The SMILES string of the molecule is CCOCCOC(c1ccc(F)cc1)C(C)N. The van der Waals surface area contributed by atoms with E-state index >= 15 is 0 Å². The summed E-state index contributed by atoms with van der Waals surface area (Å²) in [5.74, 6) is -0.258. The van der Waals surface area contributed by atoms with Gasteiger partial charge in [-0.05, 0) is 31.5 Å². The minimum absolute atomic E-state index is 0.151. The Morgan fingerprint density at radius 2 is 1.88 bits per heavy atom. The molecule has 3 nitrogen and oxygen atoms in total. The average Bonchev–Trinajstić information content (AvgIpc) is 2.30. The Bertz CT molecular complexity index is 314. The van der Waals surface area contributed by atoms with Gasteiger partial charge in [0.05, 0.1) is 19.3 Å². The molecule has 4 heteroatoms. The first-order valence-electron chi connectivity index (χ1n) is 5.85. The van der Waals surface area contributed by atoms with E-state index in [9.17, 15) is 4.39 Å². The summed E-state index contributed by atoms with van der Waals surface area (Å²) in [6.07, 6.45) is -0.226. The first-order chi connectivity index (χ1) is 8.15. The van der Waals surface area contributed by atoms with Crippen LogP contribution in [0.5, 0.6) is 0 Å². The van der Waals surface area contributed by atoms with Gasteiger partial charge in [0.25, 0.3) is 0 Å². The molecular weight excluding hydrogens is 221 g/mol. The van der Waals surface area contributed by atoms with Gasteiger partial charge in [-0.15, -0.1) is 0 Å². The summed E-state index contributed by atoms with van der Waals surface area (Å²) in [5.41, 5.74) is 6.75. The maximum atomic E-state index is 12.8. The van der Waals surface area contributed by atoms with E-state index in [0.717, 1.165) is 5.56 Å². The van der Waals surface area contributed by atoms with E-state index in [1.807, 2.05) is 13.8 Å². The smallest absolute Gasteiger partial charge is 0.123 e. The Balaban J connectivity index is 2.56. The topological polar surface area (TPSA) is 44.5 Å². The van der Waals surface area contributed by atoms with Gasteiger partial charge < -0.3 is 15.2 Å². The first-order valence-corrected chi connectivity index (χ1v) is 5.85. The largest absolute Gasteiger partial charge is 0.379 e. The van der Waals surface area contributed by atoms with Crippen LogP contribution >= 0.6 is 0 Å². The summed E-state index contributed by atoms with van der Waals surface area (Å²) in [6.45, 7) is 5.50. The summed E-state index contributed by atoms with van der Waals surface area (Å²) in [7, 11) is 0. The average molecular weight is 241 g/mol. The molecule has 0 aliphatic heterocycles. The summed E-state index contributed by atoms with van der Waals surface area (Å²) < 4.78 is 23.7. The maximum absolute atomic E-state index is 12.8. The quantitative estimate of drug-likeness (QED) is 0.745. The molecule has 0 amide bonds. The zero-order valence-corrected chi connectivity index (χ0v) is 10.4. The van der Waals surface area contributed by atoms with Crippen molar-refractivity contribution in [3.8, 4) is 0 Å². The number of nitrogens with two attached hydrogens (primary N) is 1. The van der Waals surface area contributed by atoms with Gasteiger partial charge in [0.15, 0.2) is 0 Å². The molecule has 1 rings (SSSR count). The highest BCUT2D eigenvalue weighted by Gasteiger charge is 2.16. The van der Waals surface area contributed by atoms with E-state index < -0.39 is 0 Å². The van der Waals surface area contributed by atoms with E-state index in [1.165, 1.54) is 12.1 Å². The minimum Gasteiger partial charge on any atom is -0.379 e. The standard InChI is InChI=1S/C13H20FNO2/c1-3-16-8-9-17-13(10(2)15)11-4-6-12(14)7-5-11/h4-7,10,13H,3,8-9,15H2,1-2H3. The number of hydrogen-bond acceptors (Lipinski definition) is 3. The van der Waals surface area contributed by atoms with Crippen LogP contribution in [0.15, 0.2) is 24.3 Å². The summed E-state index contributed by atoms with van der Waals surface area (Å²) in [5, 5.41) is 0. The van der Waals surface area contributed by atoms with Crippen LogP contribution in [0, 0.1) is 5.82 Å². The summed E-state index contributed by atoms with van der Waals surface area (Å²) in [6, 6.07) is 6.07. The van der Waals surface area contributed by atoms with E-state index in [0.29, 0.717) is 19.8 Å². The number of benzene rings is 1. The Kier molecular flexibility index (Phi) is 6.11. The summed E-state index contributed by atoms with van der Waals surface area (Å²) >= 11 is 0. The molecule has 0 spiro atoms. The number of hydrogen-bond donors (Lipinski definition) is 1. The predicted octanol–water partition coefficient (Wildman–Crippen LogP) is 2.27. The number of rotatable bonds is 7. The highest BCUT2D eigenvalue weighted by Crippen LogP contribution is 2.20. The highest BCUT2D eigenvalue weighted by atomic mass is 19.1. The third-order valence-electron chi connectivity index (χ3n) is 2.41. The lowest BCUT2D eigenvalue weighted by Gasteiger charge is -2.21. The van der Waals surface area contributed by atoms with Crippen molar-refractivity contribution in [1.29, 1.82) is 0 Å². The van der Waals surface area contributed by atoms with Crippen LogP contribution in [0.3, 0.4) is 0 Å². The van der Waals surface area contributed by atoms with Crippen molar-refractivity contribution in [2.45, 2.75) is 26.0 Å². The van der Waals surface area contributed by atoms with Crippen LogP contribution in [-0.4, -0.2) is 25.9 Å². The van der Waals surface area contributed by atoms with Gasteiger partial charge >= 0.3 is 0 Å². The molecule has 0 aliphatic rings. The monoisotopic (exact) mass is 241 g/mol. The Hall–Kier alpha value is -0.970. The van der Waals surface area contributed by atoms with Crippen LogP contribution in [0.25, 0.3) is 0 Å². The number of halogens is 1. The Morgan fingerprint density at radius 1 is 1.24 bits per heavy atom. The molecule has 0 heterocycles. The Morgan fingerprint density at radius 3 is 2.41 bits per heavy atom. The van der Waals surface area contributed by atoms with Crippen molar-refractivity contribution in [2.24, 2.45) is 5.73 Å². The molecule has 1 aromatic carbocycles. The molecule has 2 unspecified atom stereocenters. The molecular formula is C13H20FNO2. The van der Waals surface area contributed by atoms with Crippen LogP contribution in [0.4, 0.5) is 4.39 Å². The van der Waals surface area contributed by atoms with Gasteiger partial charge in [-0.2, -0.15) is 0 Å². The fraction of sp³-hybridized carbons (Fsp3) is 0.538. The van der Waals surface area contributed by atoms with E-state index in [1.54, 1.807) is 12.1 Å². The third-order valence-corrected chi connectivity index (χ3v) is 2.41. The molecule has 17 heavy (non-hydrogen) atoms. The fourth-order valence-electron chi connectivity index (χ4n) is 1.58. The van der Waals surface area contributed by atoms with Gasteiger partial charge in [-0.1, -0.05) is 12.1 Å². The molecule has 1 aromatic rings. The van der Waals surface area contributed by atoms with E-state index in [2.05, 4.69) is 0 Å². The van der Waals surface area contributed by atoms with Gasteiger partial charge in [-0.25, -0.2) is 4.39 Å². The maximum Gasteiger partial charge on any atom is 0.123 e. The molecule has 0 saturated carbocycles. The lowest BCUT2D eigenvalue weighted by Crippen LogP contribution is -2.28. The predicted molar refractivity (Wildman–Crippen MR) is 65.2 cm³/mol. The van der Waals surface area contributed by atoms with Crippen molar-refractivity contribution in [2.75, 3.05) is 19.8 Å². The van der Waals surface area contributed by atoms with Crippen molar-refractivity contribution in [3.63, 3.8) is 0 Å². The van der Waals surface area contributed by atoms with Gasteiger partial charge in [0.1, 0.15) is 5.82 Å². The lowest BCUT2D eigenvalue weighted by atomic mass is 10.0. The molecule has 2 N–H and O–H groups in total. The lowest BCUT2D eigenvalue weighted by molar-refractivity contribution is -0.00244. The van der Waals surface area contributed by atoms with Crippen molar-refractivity contribution < 1.29 is 13.9 Å². The molecule has 0 fully saturated rings. The first kappa shape index (κ1) is 14.1. The van der Waals surface area contributed by atoms with E-state index in [4.69, 9.17) is 15.2 Å². The number of ether oxygens (including phenoxy) is 2. The van der Waals surface area contributed by atoms with Gasteiger partial charge in [0.2, 0.25) is 0 Å². The zero-order valence-electron chi connectivity index (χ0n) is 10.4. The van der Waals surface area contributed by atoms with Crippen molar-refractivity contribution in [1.82, 2.24) is 0 Å². The zero-order chi connectivity index (χ0) is 12.7. The normalized spacial score (nSPS) is 14.6. The van der Waals surface area contributed by atoms with Crippen LogP contribution in [-0.2, 0) is 9.47 Å². The van der Waals surface area contributed by atoms with Gasteiger partial charge in [0, 0.05) is 12.6 Å². The molecule has 96 valence electrons. The fourth-order valence-corrected chi connectivity index (χ4v) is 1.58. The molecule has 2 atom stereocenters. The van der Waals surface area contributed by atoms with Crippen LogP contribution < -0.4 is 5.73 Å². The Labute approximate surface area is 102 Å².